The first-order valence-electron chi connectivity index (χ1n) is 6.87. The van der Waals surface area contributed by atoms with Gasteiger partial charge < -0.3 is 5.73 Å². The Morgan fingerprint density at radius 1 is 1.22 bits per heavy atom. The highest BCUT2D eigenvalue weighted by atomic mass is 79.9. The third-order valence-corrected chi connectivity index (χ3v) is 4.75. The number of halogens is 1. The van der Waals surface area contributed by atoms with Gasteiger partial charge in [0.15, 0.2) is 0 Å². The molecule has 0 aliphatic heterocycles. The summed E-state index contributed by atoms with van der Waals surface area (Å²) in [5.41, 5.74) is 7.66. The zero-order valence-corrected chi connectivity index (χ0v) is 12.7. The van der Waals surface area contributed by atoms with Crippen molar-refractivity contribution in [3.63, 3.8) is 0 Å². The van der Waals surface area contributed by atoms with Gasteiger partial charge in [0.2, 0.25) is 0 Å². The lowest BCUT2D eigenvalue weighted by molar-refractivity contribution is 0.193. The summed E-state index contributed by atoms with van der Waals surface area (Å²) in [7, 11) is 2.20. The summed E-state index contributed by atoms with van der Waals surface area (Å²) in [5.74, 6) is 0. The van der Waals surface area contributed by atoms with Crippen LogP contribution in [0.1, 0.15) is 37.7 Å². The van der Waals surface area contributed by atoms with Crippen LogP contribution in [0.15, 0.2) is 28.7 Å². The molecule has 1 aliphatic carbocycles. The van der Waals surface area contributed by atoms with Gasteiger partial charge in [-0.05, 0) is 31.5 Å². The van der Waals surface area contributed by atoms with Crippen molar-refractivity contribution in [2.45, 2.75) is 50.7 Å². The molecule has 2 rings (SSSR count). The topological polar surface area (TPSA) is 29.3 Å². The van der Waals surface area contributed by atoms with Crippen LogP contribution in [0.4, 0.5) is 0 Å². The van der Waals surface area contributed by atoms with E-state index in [1.54, 1.807) is 0 Å². The molecule has 2 N–H and O–H groups in total. The number of likely N-dealkylation sites (N-methyl/N-ethyl adjacent to an activating group) is 1. The third kappa shape index (κ3) is 3.56. The third-order valence-electron chi connectivity index (χ3n) is 3.98. The number of nitrogens with two attached hydrogens (primary N) is 1. The van der Waals surface area contributed by atoms with Crippen LogP contribution in [0.5, 0.6) is 0 Å². The monoisotopic (exact) mass is 310 g/mol. The number of hydrogen-bond acceptors (Lipinski definition) is 2. The Hall–Kier alpha value is -0.380. The maximum atomic E-state index is 6.32. The SMILES string of the molecule is CN(Cc1ccccc1Br)C1CCCCCC1N. The lowest BCUT2D eigenvalue weighted by Gasteiger charge is -2.31. The fourth-order valence-electron chi connectivity index (χ4n) is 2.88. The molecule has 0 saturated heterocycles. The Morgan fingerprint density at radius 3 is 2.72 bits per heavy atom. The van der Waals surface area contributed by atoms with E-state index < -0.39 is 0 Å². The second-order valence-electron chi connectivity index (χ2n) is 5.38. The molecule has 2 atom stereocenters. The molecule has 100 valence electrons. The quantitative estimate of drug-likeness (QED) is 0.865. The number of rotatable bonds is 3. The van der Waals surface area contributed by atoms with E-state index in [-0.39, 0.29) is 0 Å². The zero-order valence-electron chi connectivity index (χ0n) is 11.1. The van der Waals surface area contributed by atoms with Crippen molar-refractivity contribution in [1.82, 2.24) is 4.90 Å². The van der Waals surface area contributed by atoms with Crippen LogP contribution in [0, 0.1) is 0 Å². The molecule has 2 nitrogen and oxygen atoms in total. The van der Waals surface area contributed by atoms with E-state index in [0.29, 0.717) is 12.1 Å². The summed E-state index contributed by atoms with van der Waals surface area (Å²) < 4.78 is 1.19. The Bertz CT molecular complexity index is 381. The van der Waals surface area contributed by atoms with Gasteiger partial charge in [0, 0.05) is 23.1 Å². The molecule has 1 aliphatic rings. The zero-order chi connectivity index (χ0) is 13.0. The molecule has 1 aromatic carbocycles. The molecule has 3 heteroatoms. The van der Waals surface area contributed by atoms with Crippen molar-refractivity contribution >= 4 is 15.9 Å². The van der Waals surface area contributed by atoms with Gasteiger partial charge in [0.25, 0.3) is 0 Å². The van der Waals surface area contributed by atoms with E-state index in [0.717, 1.165) is 6.54 Å². The first-order valence-corrected chi connectivity index (χ1v) is 7.67. The van der Waals surface area contributed by atoms with Crippen LogP contribution < -0.4 is 5.73 Å². The van der Waals surface area contributed by atoms with Gasteiger partial charge in [-0.15, -0.1) is 0 Å². The van der Waals surface area contributed by atoms with Gasteiger partial charge in [0.05, 0.1) is 0 Å². The Kier molecular flexibility index (Phi) is 5.22. The van der Waals surface area contributed by atoms with Gasteiger partial charge >= 0.3 is 0 Å². The Balaban J connectivity index is 2.02. The summed E-state index contributed by atoms with van der Waals surface area (Å²) >= 11 is 3.62. The van der Waals surface area contributed by atoms with E-state index >= 15 is 0 Å². The van der Waals surface area contributed by atoms with Gasteiger partial charge in [0.1, 0.15) is 0 Å². The molecule has 0 amide bonds. The summed E-state index contributed by atoms with van der Waals surface area (Å²) in [4.78, 5) is 2.43. The van der Waals surface area contributed by atoms with Crippen molar-refractivity contribution in [3.8, 4) is 0 Å². The molecule has 1 fully saturated rings. The molecular formula is C15H23BrN2. The minimum Gasteiger partial charge on any atom is -0.326 e. The van der Waals surface area contributed by atoms with Crippen molar-refractivity contribution in [3.05, 3.63) is 34.3 Å². The van der Waals surface area contributed by atoms with Crippen LogP contribution >= 0.6 is 15.9 Å². The van der Waals surface area contributed by atoms with Gasteiger partial charge in [-0.3, -0.25) is 4.90 Å². The minimum absolute atomic E-state index is 0.333. The first kappa shape index (κ1) is 14.0. The number of hydrogen-bond donors (Lipinski definition) is 1. The largest absolute Gasteiger partial charge is 0.326 e. The molecule has 1 saturated carbocycles. The highest BCUT2D eigenvalue weighted by Crippen LogP contribution is 2.24. The minimum atomic E-state index is 0.333. The Morgan fingerprint density at radius 2 is 1.94 bits per heavy atom. The van der Waals surface area contributed by atoms with Crippen molar-refractivity contribution in [2.75, 3.05) is 7.05 Å². The standard InChI is InChI=1S/C15H23BrN2/c1-18(11-12-7-5-6-8-13(12)16)15-10-4-2-3-9-14(15)17/h5-8,14-15H,2-4,9-11,17H2,1H3. The number of benzene rings is 1. The lowest BCUT2D eigenvalue weighted by Crippen LogP contribution is -2.45. The average Bonchev–Trinajstić information content (AvgIpc) is 2.57. The van der Waals surface area contributed by atoms with Crippen molar-refractivity contribution in [2.24, 2.45) is 5.73 Å². The molecule has 1 aromatic rings. The average molecular weight is 311 g/mol. The fraction of sp³-hybridized carbons (Fsp3) is 0.600. The maximum Gasteiger partial charge on any atom is 0.0247 e. The smallest absolute Gasteiger partial charge is 0.0247 e. The molecule has 0 spiro atoms. The van der Waals surface area contributed by atoms with Crippen LogP contribution in [0.25, 0.3) is 0 Å². The van der Waals surface area contributed by atoms with Gasteiger partial charge in [-0.1, -0.05) is 53.4 Å². The van der Waals surface area contributed by atoms with Crippen LogP contribution in [0.2, 0.25) is 0 Å². The van der Waals surface area contributed by atoms with E-state index in [1.165, 1.54) is 42.1 Å². The summed E-state index contributed by atoms with van der Waals surface area (Å²) in [6.45, 7) is 0.972. The lowest BCUT2D eigenvalue weighted by atomic mass is 10.0. The van der Waals surface area contributed by atoms with Crippen LogP contribution in [0.3, 0.4) is 0 Å². The van der Waals surface area contributed by atoms with E-state index in [9.17, 15) is 0 Å². The predicted octanol–water partition coefficient (Wildman–Crippen LogP) is 3.54. The first-order chi connectivity index (χ1) is 8.68. The second-order valence-corrected chi connectivity index (χ2v) is 6.23. The highest BCUT2D eigenvalue weighted by molar-refractivity contribution is 9.10. The predicted molar refractivity (Wildman–Crippen MR) is 80.5 cm³/mol. The molecule has 2 unspecified atom stereocenters. The van der Waals surface area contributed by atoms with Crippen LogP contribution in [-0.2, 0) is 6.54 Å². The van der Waals surface area contributed by atoms with Gasteiger partial charge in [-0.2, -0.15) is 0 Å². The second kappa shape index (κ2) is 6.69. The van der Waals surface area contributed by atoms with Crippen LogP contribution in [-0.4, -0.2) is 24.0 Å². The molecule has 0 bridgehead atoms. The fourth-order valence-corrected chi connectivity index (χ4v) is 3.29. The van der Waals surface area contributed by atoms with E-state index in [1.807, 2.05) is 0 Å². The van der Waals surface area contributed by atoms with Gasteiger partial charge in [-0.25, -0.2) is 0 Å². The van der Waals surface area contributed by atoms with Crippen molar-refractivity contribution in [1.29, 1.82) is 0 Å². The molecule has 0 radical (unpaired) electrons. The maximum absolute atomic E-state index is 6.32. The molecular weight excluding hydrogens is 288 g/mol. The normalized spacial score (nSPS) is 25.1. The molecule has 18 heavy (non-hydrogen) atoms. The van der Waals surface area contributed by atoms with E-state index in [4.69, 9.17) is 5.73 Å². The summed E-state index contributed by atoms with van der Waals surface area (Å²) in [6.07, 6.45) is 6.36. The molecule has 0 heterocycles. The summed E-state index contributed by atoms with van der Waals surface area (Å²) in [6, 6.07) is 9.31. The highest BCUT2D eigenvalue weighted by Gasteiger charge is 2.24. The molecule has 0 aromatic heterocycles. The Labute approximate surface area is 119 Å². The summed E-state index contributed by atoms with van der Waals surface area (Å²) in [5, 5.41) is 0. The van der Waals surface area contributed by atoms with E-state index in [2.05, 4.69) is 52.1 Å². The number of nitrogens with zero attached hydrogens (tertiary/aromatic N) is 1. The van der Waals surface area contributed by atoms with Crippen molar-refractivity contribution < 1.29 is 0 Å².